The molecule has 1 aliphatic heterocycles. The van der Waals surface area contributed by atoms with Gasteiger partial charge in [-0.2, -0.15) is 0 Å². The maximum atomic E-state index is 12.5. The molecule has 3 atom stereocenters. The number of hydrogen-bond donors (Lipinski definition) is 2. The Labute approximate surface area is 218 Å². The summed E-state index contributed by atoms with van der Waals surface area (Å²) in [6, 6.07) is 5.96. The molecule has 8 heteroatoms. The molecule has 3 unspecified atom stereocenters. The van der Waals surface area contributed by atoms with Crippen molar-refractivity contribution >= 4 is 15.2 Å². The summed E-state index contributed by atoms with van der Waals surface area (Å²) in [4.78, 5) is 38.2. The Hall–Kier alpha value is -1.73. The third kappa shape index (κ3) is 9.14. The van der Waals surface area contributed by atoms with Crippen molar-refractivity contribution in [1.29, 1.82) is 0 Å². The number of esters is 1. The smallest absolute Gasteiger partial charge is 0.507 e. The molecule has 0 saturated carbocycles. The van der Waals surface area contributed by atoms with Gasteiger partial charge in [0.1, 0.15) is 11.3 Å². The van der Waals surface area contributed by atoms with E-state index in [0.29, 0.717) is 25.7 Å². The average Bonchev–Trinajstić information content (AvgIpc) is 3.31. The zero-order chi connectivity index (χ0) is 24.9. The van der Waals surface area contributed by atoms with Crippen molar-refractivity contribution in [2.24, 2.45) is 0 Å². The van der Waals surface area contributed by atoms with Gasteiger partial charge in [0.2, 0.25) is 0 Å². The number of benzene rings is 1. The first-order valence-corrected chi connectivity index (χ1v) is 15.1. The fraction of sp³-hybridized carbons (Fsp3) is 0.577. The van der Waals surface area contributed by atoms with E-state index in [0.717, 1.165) is 44.9 Å². The van der Waals surface area contributed by atoms with Crippen LogP contribution in [0.1, 0.15) is 87.9 Å². The van der Waals surface area contributed by atoms with Crippen molar-refractivity contribution in [3.05, 3.63) is 42.1 Å². The zero-order valence-corrected chi connectivity index (χ0v) is 25.7. The number of phenolic OH excluding ortho intramolecular Hbond substituents is 1. The van der Waals surface area contributed by atoms with Crippen LogP contribution < -0.4 is 0 Å². The Morgan fingerprint density at radius 1 is 1.06 bits per heavy atom. The topological polar surface area (TPSA) is 104 Å². The number of nitrogens with zero attached hydrogens (tertiary/aromatic N) is 1. The van der Waals surface area contributed by atoms with E-state index in [-0.39, 0.29) is 46.8 Å². The SMILES string of the molecule is CCCCCCC(CCCCCC(O)C(=O)N1C=CCC1[C](=O)[Hg])OC(=O)c1ccccc1O. The van der Waals surface area contributed by atoms with Crippen LogP contribution >= 0.6 is 0 Å². The number of aliphatic hydroxyl groups is 1. The number of aromatic hydroxyl groups is 1. The van der Waals surface area contributed by atoms with Crippen LogP contribution in [-0.4, -0.2) is 48.5 Å². The summed E-state index contributed by atoms with van der Waals surface area (Å²) in [6.45, 7) is 2.15. The number of aliphatic hydroxyl groups excluding tert-OH is 1. The molecule has 1 aliphatic rings. The van der Waals surface area contributed by atoms with Crippen LogP contribution in [0.15, 0.2) is 36.5 Å². The summed E-state index contributed by atoms with van der Waals surface area (Å²) < 4.78 is 5.83. The van der Waals surface area contributed by atoms with Gasteiger partial charge in [-0.25, -0.2) is 4.79 Å². The molecule has 0 aliphatic carbocycles. The van der Waals surface area contributed by atoms with Gasteiger partial charge in [-0.1, -0.05) is 38.3 Å². The maximum absolute atomic E-state index is 12.5. The summed E-state index contributed by atoms with van der Waals surface area (Å²) in [5.74, 6) is -0.996. The average molecular weight is 659 g/mol. The summed E-state index contributed by atoms with van der Waals surface area (Å²) in [7, 11) is 0. The van der Waals surface area contributed by atoms with Crippen molar-refractivity contribution in [3.63, 3.8) is 0 Å². The molecule has 0 aromatic heterocycles. The molecule has 0 saturated heterocycles. The first-order valence-electron chi connectivity index (χ1n) is 12.4. The molecular formula is C26H36HgNO6. The van der Waals surface area contributed by atoms with Crippen LogP contribution in [0, 0.1) is 0 Å². The number of amides is 1. The van der Waals surface area contributed by atoms with Crippen molar-refractivity contribution in [2.45, 2.75) is 95.8 Å². The van der Waals surface area contributed by atoms with E-state index < -0.39 is 24.0 Å². The zero-order valence-electron chi connectivity index (χ0n) is 20.2. The number of ether oxygens (including phenoxy) is 1. The second kappa shape index (κ2) is 15.3. The van der Waals surface area contributed by atoms with Crippen molar-refractivity contribution in [1.82, 2.24) is 4.90 Å². The van der Waals surface area contributed by atoms with E-state index in [1.165, 1.54) is 11.0 Å². The predicted octanol–water partition coefficient (Wildman–Crippen LogP) is 4.39. The number of unbranched alkanes of at least 4 members (excludes halogenated alkanes) is 5. The first kappa shape index (κ1) is 28.5. The van der Waals surface area contributed by atoms with Crippen molar-refractivity contribution in [2.75, 3.05) is 0 Å². The number of carbonyl (C=O) groups is 3. The Bertz CT molecular complexity index is 842. The fourth-order valence-corrected chi connectivity index (χ4v) is 5.55. The van der Waals surface area contributed by atoms with Crippen LogP contribution in [0.3, 0.4) is 0 Å². The molecule has 1 aromatic rings. The van der Waals surface area contributed by atoms with Crippen LogP contribution in [0.5, 0.6) is 5.75 Å². The van der Waals surface area contributed by atoms with E-state index in [1.807, 2.05) is 0 Å². The van der Waals surface area contributed by atoms with E-state index in [4.69, 9.17) is 4.74 Å². The van der Waals surface area contributed by atoms with E-state index >= 15 is 0 Å². The Kier molecular flexibility index (Phi) is 12.8. The molecule has 7 nitrogen and oxygen atoms in total. The second-order valence-electron chi connectivity index (χ2n) is 8.90. The monoisotopic (exact) mass is 660 g/mol. The normalized spacial score (nSPS) is 16.9. The Morgan fingerprint density at radius 3 is 2.35 bits per heavy atom. The number of rotatable bonds is 15. The third-order valence-electron chi connectivity index (χ3n) is 6.15. The molecule has 2 N–H and O–H groups in total. The predicted molar refractivity (Wildman–Crippen MR) is 125 cm³/mol. The van der Waals surface area contributed by atoms with Crippen molar-refractivity contribution < 1.29 is 55.5 Å². The van der Waals surface area contributed by atoms with Gasteiger partial charge < -0.3 is 5.11 Å². The molecule has 34 heavy (non-hydrogen) atoms. The molecule has 2 rings (SSSR count). The van der Waals surface area contributed by atoms with E-state index in [9.17, 15) is 24.6 Å². The Morgan fingerprint density at radius 2 is 1.71 bits per heavy atom. The summed E-state index contributed by atoms with van der Waals surface area (Å²) >= 11 is -0.0508. The van der Waals surface area contributed by atoms with Gasteiger partial charge >= 0.3 is 141 Å². The molecule has 1 amide bonds. The molecular weight excluding hydrogens is 623 g/mol. The minimum Gasteiger partial charge on any atom is -0.507 e. The summed E-state index contributed by atoms with van der Waals surface area (Å²) in [5.41, 5.74) is 0.172. The van der Waals surface area contributed by atoms with E-state index in [1.54, 1.807) is 30.5 Å². The molecule has 183 valence electrons. The number of carbonyl (C=O) groups excluding carboxylic acids is 3. The summed E-state index contributed by atoms with van der Waals surface area (Å²) in [5, 5.41) is 20.2. The van der Waals surface area contributed by atoms with Gasteiger partial charge in [0.15, 0.2) is 0 Å². The standard InChI is InChI=1S/C26H36NO6.Hg/c1-2-3-4-6-13-21(33-26(32)22-15-9-10-16-23(22)29)14-7-5-8-17-24(30)25(31)27-18-11-12-20(27)19-28;/h9-11,15-16,18,20-21,24,29-30H,2-8,12-14,17H2,1H3;. The molecule has 0 spiro atoms. The number of para-hydroxylation sites is 1. The molecule has 0 fully saturated rings. The minimum absolute atomic E-state index is 0.0508. The van der Waals surface area contributed by atoms with Gasteiger partial charge in [0, 0.05) is 0 Å². The van der Waals surface area contributed by atoms with E-state index in [2.05, 4.69) is 6.92 Å². The quantitative estimate of drug-likeness (QED) is 0.165. The molecule has 1 heterocycles. The number of phenols is 1. The third-order valence-corrected chi connectivity index (χ3v) is 7.99. The van der Waals surface area contributed by atoms with Crippen LogP contribution in [0.25, 0.3) is 0 Å². The van der Waals surface area contributed by atoms with Gasteiger partial charge in [0.05, 0.1) is 0 Å². The number of hydrogen-bond acceptors (Lipinski definition) is 6. The van der Waals surface area contributed by atoms with Gasteiger partial charge in [0.25, 0.3) is 0 Å². The second-order valence-corrected chi connectivity index (χ2v) is 11.6. The summed E-state index contributed by atoms with van der Waals surface area (Å²) in [6.07, 6.45) is 11.1. The minimum atomic E-state index is -1.11. The molecule has 0 radical (unpaired) electrons. The molecule has 1 aromatic carbocycles. The van der Waals surface area contributed by atoms with Crippen LogP contribution in [0.2, 0.25) is 0 Å². The van der Waals surface area contributed by atoms with Crippen LogP contribution in [-0.2, 0) is 40.4 Å². The Balaban J connectivity index is 1.78. The fourth-order valence-electron chi connectivity index (χ4n) is 4.14. The van der Waals surface area contributed by atoms with Crippen LogP contribution in [0.4, 0.5) is 0 Å². The first-order chi connectivity index (χ1) is 16.3. The van der Waals surface area contributed by atoms with Gasteiger partial charge in [-0.15, -0.1) is 0 Å². The van der Waals surface area contributed by atoms with Gasteiger partial charge in [-0.3, -0.25) is 0 Å². The van der Waals surface area contributed by atoms with Crippen molar-refractivity contribution in [3.8, 4) is 5.75 Å². The molecule has 0 bridgehead atoms. The van der Waals surface area contributed by atoms with Gasteiger partial charge in [-0.05, 0) is 18.6 Å².